The minimum atomic E-state index is 0.653. The van der Waals surface area contributed by atoms with Crippen molar-refractivity contribution >= 4 is 23.0 Å². The van der Waals surface area contributed by atoms with E-state index in [2.05, 4.69) is 32.1 Å². The van der Waals surface area contributed by atoms with Crippen LogP contribution < -0.4 is 5.73 Å². The second-order valence-electron chi connectivity index (χ2n) is 4.19. The average Bonchev–Trinajstić information content (AvgIpc) is 2.22. The molecule has 0 saturated heterocycles. The van der Waals surface area contributed by atoms with Gasteiger partial charge in [0.05, 0.1) is 0 Å². The zero-order chi connectivity index (χ0) is 10.8. The predicted molar refractivity (Wildman–Crippen MR) is 69.9 cm³/mol. The Bertz CT molecular complexity index is 384. The molecule has 0 fully saturated rings. The highest BCUT2D eigenvalue weighted by Crippen LogP contribution is 2.33. The van der Waals surface area contributed by atoms with Gasteiger partial charge in [-0.3, -0.25) is 0 Å². The number of hydrogen-bond acceptors (Lipinski definition) is 2. The molecule has 1 aliphatic rings. The lowest BCUT2D eigenvalue weighted by Crippen LogP contribution is -2.14. The molecule has 1 heterocycles. The van der Waals surface area contributed by atoms with E-state index in [0.717, 1.165) is 16.7 Å². The summed E-state index contributed by atoms with van der Waals surface area (Å²) in [6, 6.07) is 8.17. The number of allylic oxidation sites excluding steroid dienone is 1. The third-order valence-corrected chi connectivity index (χ3v) is 4.40. The quantitative estimate of drug-likeness (QED) is 0.732. The molecule has 80 valence electrons. The first kappa shape index (κ1) is 10.6. The molecule has 2 unspecified atom stereocenters. The maximum absolute atomic E-state index is 5.79. The zero-order valence-corrected chi connectivity index (χ0v) is 10.1. The first-order chi connectivity index (χ1) is 7.16. The minimum Gasteiger partial charge on any atom is -0.399 e. The fraction of sp³-hybridized carbons (Fsp3) is 0.385. The van der Waals surface area contributed by atoms with E-state index >= 15 is 0 Å². The smallest absolute Gasteiger partial charge is 0.0320 e. The molecule has 0 aliphatic carbocycles. The van der Waals surface area contributed by atoms with Gasteiger partial charge in [0, 0.05) is 16.7 Å². The van der Waals surface area contributed by atoms with Crippen molar-refractivity contribution in [1.29, 1.82) is 0 Å². The number of thioether (sulfide) groups is 1. The van der Waals surface area contributed by atoms with Gasteiger partial charge in [-0.25, -0.2) is 0 Å². The van der Waals surface area contributed by atoms with E-state index < -0.39 is 0 Å². The van der Waals surface area contributed by atoms with Crippen LogP contribution in [0.4, 0.5) is 5.69 Å². The Kier molecular flexibility index (Phi) is 3.06. The SMILES string of the molecule is CC1C=C(c2cccc(N)c2)CSC1C. The summed E-state index contributed by atoms with van der Waals surface area (Å²) in [5.74, 6) is 1.76. The highest BCUT2D eigenvalue weighted by molar-refractivity contribution is 8.00. The van der Waals surface area contributed by atoms with Crippen molar-refractivity contribution in [3.63, 3.8) is 0 Å². The molecule has 1 nitrogen and oxygen atoms in total. The van der Waals surface area contributed by atoms with Crippen molar-refractivity contribution in [2.24, 2.45) is 5.92 Å². The van der Waals surface area contributed by atoms with Crippen molar-refractivity contribution in [2.45, 2.75) is 19.1 Å². The van der Waals surface area contributed by atoms with E-state index in [-0.39, 0.29) is 0 Å². The summed E-state index contributed by atoms with van der Waals surface area (Å²) in [7, 11) is 0. The number of anilines is 1. The highest BCUT2D eigenvalue weighted by atomic mass is 32.2. The van der Waals surface area contributed by atoms with Crippen molar-refractivity contribution in [3.05, 3.63) is 35.9 Å². The van der Waals surface area contributed by atoms with Gasteiger partial charge in [-0.2, -0.15) is 11.8 Å². The Hall–Kier alpha value is -0.890. The number of nitrogen functional groups attached to an aromatic ring is 1. The Balaban J connectivity index is 2.28. The highest BCUT2D eigenvalue weighted by Gasteiger charge is 2.18. The van der Waals surface area contributed by atoms with Gasteiger partial charge in [0.2, 0.25) is 0 Å². The van der Waals surface area contributed by atoms with Crippen LogP contribution in [-0.4, -0.2) is 11.0 Å². The predicted octanol–water partition coefficient (Wildman–Crippen LogP) is 3.42. The van der Waals surface area contributed by atoms with Crippen molar-refractivity contribution in [1.82, 2.24) is 0 Å². The molecule has 2 heteroatoms. The summed E-state index contributed by atoms with van der Waals surface area (Å²) in [6.45, 7) is 4.57. The summed E-state index contributed by atoms with van der Waals surface area (Å²) < 4.78 is 0. The Morgan fingerprint density at radius 2 is 2.13 bits per heavy atom. The van der Waals surface area contributed by atoms with Crippen LogP contribution in [-0.2, 0) is 0 Å². The molecule has 2 N–H and O–H groups in total. The first-order valence-electron chi connectivity index (χ1n) is 5.35. The lowest BCUT2D eigenvalue weighted by molar-refractivity contribution is 0.713. The second-order valence-corrected chi connectivity index (χ2v) is 5.56. The van der Waals surface area contributed by atoms with Crippen LogP contribution in [0.15, 0.2) is 30.3 Å². The van der Waals surface area contributed by atoms with Crippen LogP contribution in [0.3, 0.4) is 0 Å². The van der Waals surface area contributed by atoms with E-state index in [1.165, 1.54) is 11.1 Å². The largest absolute Gasteiger partial charge is 0.399 e. The number of hydrogen-bond donors (Lipinski definition) is 1. The summed E-state index contributed by atoms with van der Waals surface area (Å²) >= 11 is 2.03. The third-order valence-electron chi connectivity index (χ3n) is 2.96. The zero-order valence-electron chi connectivity index (χ0n) is 9.23. The third kappa shape index (κ3) is 2.37. The molecular formula is C13H17NS. The van der Waals surface area contributed by atoms with E-state index in [9.17, 15) is 0 Å². The van der Waals surface area contributed by atoms with Crippen LogP contribution in [0.1, 0.15) is 19.4 Å². The fourth-order valence-corrected chi connectivity index (χ4v) is 2.88. The first-order valence-corrected chi connectivity index (χ1v) is 6.40. The van der Waals surface area contributed by atoms with Gasteiger partial charge < -0.3 is 5.73 Å². The summed E-state index contributed by atoms with van der Waals surface area (Å²) in [4.78, 5) is 0. The lowest BCUT2D eigenvalue weighted by atomic mass is 9.99. The molecule has 1 aliphatic heterocycles. The molecule has 0 spiro atoms. The Morgan fingerprint density at radius 1 is 1.33 bits per heavy atom. The maximum Gasteiger partial charge on any atom is 0.0320 e. The second kappa shape index (κ2) is 4.31. The monoisotopic (exact) mass is 219 g/mol. The number of rotatable bonds is 1. The molecule has 15 heavy (non-hydrogen) atoms. The molecule has 0 bridgehead atoms. The van der Waals surface area contributed by atoms with Gasteiger partial charge in [-0.1, -0.05) is 32.1 Å². The van der Waals surface area contributed by atoms with Crippen LogP contribution in [0, 0.1) is 5.92 Å². The number of benzene rings is 1. The topological polar surface area (TPSA) is 26.0 Å². The molecule has 2 atom stereocenters. The Morgan fingerprint density at radius 3 is 2.80 bits per heavy atom. The maximum atomic E-state index is 5.79. The number of nitrogens with two attached hydrogens (primary N) is 1. The van der Waals surface area contributed by atoms with Crippen molar-refractivity contribution in [2.75, 3.05) is 11.5 Å². The van der Waals surface area contributed by atoms with Crippen LogP contribution in [0.2, 0.25) is 0 Å². The van der Waals surface area contributed by atoms with Crippen molar-refractivity contribution in [3.8, 4) is 0 Å². The van der Waals surface area contributed by atoms with Gasteiger partial charge in [-0.15, -0.1) is 0 Å². The summed E-state index contributed by atoms with van der Waals surface area (Å²) in [6.07, 6.45) is 2.38. The van der Waals surface area contributed by atoms with Crippen LogP contribution in [0.5, 0.6) is 0 Å². The van der Waals surface area contributed by atoms with Gasteiger partial charge in [-0.05, 0) is 29.2 Å². The summed E-state index contributed by atoms with van der Waals surface area (Å²) in [5, 5.41) is 0.731. The molecule has 0 amide bonds. The van der Waals surface area contributed by atoms with Crippen LogP contribution in [0.25, 0.3) is 5.57 Å². The molecule has 0 saturated carbocycles. The van der Waals surface area contributed by atoms with E-state index in [1.54, 1.807) is 0 Å². The average molecular weight is 219 g/mol. The molecule has 1 aromatic carbocycles. The fourth-order valence-electron chi connectivity index (χ4n) is 1.79. The molecular weight excluding hydrogens is 202 g/mol. The Labute approximate surface area is 95.8 Å². The van der Waals surface area contributed by atoms with Gasteiger partial charge in [0.15, 0.2) is 0 Å². The van der Waals surface area contributed by atoms with Crippen LogP contribution >= 0.6 is 11.8 Å². The van der Waals surface area contributed by atoms with Crippen molar-refractivity contribution < 1.29 is 0 Å². The van der Waals surface area contributed by atoms with E-state index in [0.29, 0.717) is 5.92 Å². The molecule has 0 radical (unpaired) electrons. The standard InChI is InChI=1S/C13H17NS/c1-9-6-12(8-15-10(9)2)11-4-3-5-13(14)7-11/h3-7,9-10H,8,14H2,1-2H3. The van der Waals surface area contributed by atoms with Gasteiger partial charge in [0.25, 0.3) is 0 Å². The summed E-state index contributed by atoms with van der Waals surface area (Å²) in [5.41, 5.74) is 9.35. The van der Waals surface area contributed by atoms with E-state index in [4.69, 9.17) is 5.73 Å². The van der Waals surface area contributed by atoms with E-state index in [1.807, 2.05) is 23.9 Å². The molecule has 0 aromatic heterocycles. The van der Waals surface area contributed by atoms with Gasteiger partial charge >= 0.3 is 0 Å². The minimum absolute atomic E-state index is 0.653. The molecule has 1 aromatic rings. The lowest BCUT2D eigenvalue weighted by Gasteiger charge is -2.24. The molecule has 2 rings (SSSR count). The van der Waals surface area contributed by atoms with Gasteiger partial charge in [0.1, 0.15) is 0 Å². The normalized spacial score (nSPS) is 26.1.